The van der Waals surface area contributed by atoms with Gasteiger partial charge in [0.25, 0.3) is 5.69 Å². The Morgan fingerprint density at radius 2 is 2.11 bits per heavy atom. The van der Waals surface area contributed by atoms with Crippen molar-refractivity contribution in [2.45, 2.75) is 31.2 Å². The van der Waals surface area contributed by atoms with Crippen LogP contribution in [0.2, 0.25) is 0 Å². The highest BCUT2D eigenvalue weighted by Crippen LogP contribution is 2.32. The van der Waals surface area contributed by atoms with Gasteiger partial charge in [-0.05, 0) is 25.7 Å². The van der Waals surface area contributed by atoms with Crippen molar-refractivity contribution in [3.63, 3.8) is 0 Å². The summed E-state index contributed by atoms with van der Waals surface area (Å²) in [6.07, 6.45) is 2.61. The number of rotatable bonds is 6. The summed E-state index contributed by atoms with van der Waals surface area (Å²) >= 11 is 0. The predicted octanol–water partition coefficient (Wildman–Crippen LogP) is 1.73. The fourth-order valence-electron chi connectivity index (χ4n) is 2.33. The maximum absolute atomic E-state index is 11.2. The van der Waals surface area contributed by atoms with Gasteiger partial charge >= 0.3 is 5.97 Å². The third kappa shape index (κ3) is 2.73. The number of hydrogen-bond acceptors (Lipinski definition) is 4. The predicted molar refractivity (Wildman–Crippen MR) is 69.0 cm³/mol. The monoisotopic (exact) mass is 264 g/mol. The Labute approximate surface area is 110 Å². The number of carbonyl (C=O) groups is 1. The van der Waals surface area contributed by atoms with Crippen LogP contribution in [0.15, 0.2) is 24.3 Å². The molecule has 1 aliphatic carbocycles. The van der Waals surface area contributed by atoms with Crippen molar-refractivity contribution in [1.29, 1.82) is 0 Å². The number of hydrogen-bond donors (Lipinski definition) is 2. The molecule has 0 bridgehead atoms. The number of para-hydroxylation sites is 1. The summed E-state index contributed by atoms with van der Waals surface area (Å²) in [5, 5.41) is 23.0. The molecular weight excluding hydrogens is 248 g/mol. The molecule has 6 nitrogen and oxygen atoms in total. The van der Waals surface area contributed by atoms with E-state index in [0.717, 1.165) is 6.42 Å². The van der Waals surface area contributed by atoms with Gasteiger partial charge in [-0.15, -0.1) is 0 Å². The first-order chi connectivity index (χ1) is 9.05. The van der Waals surface area contributed by atoms with E-state index < -0.39 is 16.4 Å². The van der Waals surface area contributed by atoms with Crippen molar-refractivity contribution in [3.05, 3.63) is 39.9 Å². The summed E-state index contributed by atoms with van der Waals surface area (Å²) in [4.78, 5) is 21.6. The number of nitro benzene ring substituents is 1. The van der Waals surface area contributed by atoms with Crippen LogP contribution >= 0.6 is 0 Å². The topological polar surface area (TPSA) is 92.5 Å². The van der Waals surface area contributed by atoms with E-state index in [1.165, 1.54) is 6.07 Å². The van der Waals surface area contributed by atoms with Crippen LogP contribution in [0.5, 0.6) is 0 Å². The summed E-state index contributed by atoms with van der Waals surface area (Å²) in [5.41, 5.74) is -0.106. The van der Waals surface area contributed by atoms with E-state index in [-0.39, 0.29) is 5.69 Å². The first-order valence-corrected chi connectivity index (χ1v) is 6.26. The Morgan fingerprint density at radius 1 is 1.42 bits per heavy atom. The highest BCUT2D eigenvalue weighted by molar-refractivity contribution is 5.79. The summed E-state index contributed by atoms with van der Waals surface area (Å²) in [6, 6.07) is 6.54. The number of nitro groups is 1. The minimum Gasteiger partial charge on any atom is -0.480 e. The van der Waals surface area contributed by atoms with Gasteiger partial charge in [0.15, 0.2) is 0 Å². The van der Waals surface area contributed by atoms with Gasteiger partial charge in [0.05, 0.1) is 4.92 Å². The smallest absolute Gasteiger partial charge is 0.323 e. The molecule has 0 heterocycles. The number of nitrogens with one attached hydrogen (secondary N) is 1. The largest absolute Gasteiger partial charge is 0.480 e. The lowest BCUT2D eigenvalue weighted by molar-refractivity contribution is -0.385. The number of aliphatic carboxylic acids is 1. The second-order valence-corrected chi connectivity index (χ2v) is 4.80. The van der Waals surface area contributed by atoms with Crippen LogP contribution in [-0.2, 0) is 11.2 Å². The number of carboxylic acids is 1. The molecule has 1 aromatic rings. The van der Waals surface area contributed by atoms with Crippen molar-refractivity contribution in [1.82, 2.24) is 5.32 Å². The molecule has 1 saturated carbocycles. The van der Waals surface area contributed by atoms with Crippen molar-refractivity contribution in [2.75, 3.05) is 6.54 Å². The molecule has 0 spiro atoms. The van der Waals surface area contributed by atoms with E-state index in [1.54, 1.807) is 18.2 Å². The maximum Gasteiger partial charge on any atom is 0.323 e. The van der Waals surface area contributed by atoms with E-state index >= 15 is 0 Å². The van der Waals surface area contributed by atoms with Crippen molar-refractivity contribution in [2.24, 2.45) is 0 Å². The number of nitrogens with zero attached hydrogens (tertiary/aromatic N) is 1. The van der Waals surface area contributed by atoms with Crippen LogP contribution in [-0.4, -0.2) is 28.1 Å². The van der Waals surface area contributed by atoms with Crippen LogP contribution in [0.3, 0.4) is 0 Å². The lowest BCUT2D eigenvalue weighted by Gasteiger charge is -2.38. The molecule has 0 atom stereocenters. The van der Waals surface area contributed by atoms with Crippen molar-refractivity contribution >= 4 is 11.7 Å². The van der Waals surface area contributed by atoms with Gasteiger partial charge in [-0.2, -0.15) is 0 Å². The average Bonchev–Trinajstić information content (AvgIpc) is 2.32. The first kappa shape index (κ1) is 13.5. The van der Waals surface area contributed by atoms with E-state index in [1.807, 2.05) is 0 Å². The molecule has 0 aliphatic heterocycles. The Balaban J connectivity index is 1.96. The molecule has 6 heteroatoms. The van der Waals surface area contributed by atoms with Crippen LogP contribution in [0.1, 0.15) is 24.8 Å². The SMILES string of the molecule is O=C(O)C1(NCCc2ccccc2[N+](=O)[O-])CCC1. The Bertz CT molecular complexity index is 497. The third-order valence-electron chi connectivity index (χ3n) is 3.66. The minimum atomic E-state index is -0.832. The van der Waals surface area contributed by atoms with Crippen molar-refractivity contribution < 1.29 is 14.8 Å². The zero-order valence-corrected chi connectivity index (χ0v) is 10.5. The van der Waals surface area contributed by atoms with Crippen LogP contribution in [0.25, 0.3) is 0 Å². The molecule has 1 aromatic carbocycles. The second kappa shape index (κ2) is 5.36. The average molecular weight is 264 g/mol. The van der Waals surface area contributed by atoms with Gasteiger partial charge < -0.3 is 10.4 Å². The highest BCUT2D eigenvalue weighted by Gasteiger charge is 2.43. The van der Waals surface area contributed by atoms with Crippen molar-refractivity contribution in [3.8, 4) is 0 Å². The molecule has 0 aromatic heterocycles. The fourth-order valence-corrected chi connectivity index (χ4v) is 2.33. The number of benzene rings is 1. The fraction of sp³-hybridized carbons (Fsp3) is 0.462. The molecule has 0 unspecified atom stereocenters. The van der Waals surface area contributed by atoms with Gasteiger partial charge in [-0.1, -0.05) is 18.2 Å². The molecule has 0 saturated heterocycles. The highest BCUT2D eigenvalue weighted by atomic mass is 16.6. The summed E-state index contributed by atoms with van der Waals surface area (Å²) in [5.74, 6) is -0.832. The van der Waals surface area contributed by atoms with Crippen LogP contribution in [0.4, 0.5) is 5.69 Å². The standard InChI is InChI=1S/C13H16N2O4/c16-12(17)13(7-3-8-13)14-9-6-10-4-1-2-5-11(10)15(18)19/h1-2,4-5,14H,3,6-9H2,(H,16,17). The van der Waals surface area contributed by atoms with Gasteiger partial charge in [0.2, 0.25) is 0 Å². The van der Waals surface area contributed by atoms with Crippen LogP contribution in [0, 0.1) is 10.1 Å². The lowest BCUT2D eigenvalue weighted by Crippen LogP contribution is -2.57. The van der Waals surface area contributed by atoms with Gasteiger partial charge in [-0.25, -0.2) is 0 Å². The lowest BCUT2D eigenvalue weighted by atomic mass is 9.76. The first-order valence-electron chi connectivity index (χ1n) is 6.26. The van der Waals surface area contributed by atoms with E-state index in [0.29, 0.717) is 31.4 Å². The molecular formula is C13H16N2O4. The maximum atomic E-state index is 11.2. The Hall–Kier alpha value is -1.95. The molecule has 1 fully saturated rings. The minimum absolute atomic E-state index is 0.0854. The van der Waals surface area contributed by atoms with Crippen LogP contribution < -0.4 is 5.32 Å². The zero-order valence-electron chi connectivity index (χ0n) is 10.5. The molecule has 0 radical (unpaired) electrons. The molecule has 2 rings (SSSR count). The quantitative estimate of drug-likeness (QED) is 0.603. The normalized spacial score (nSPS) is 16.6. The second-order valence-electron chi connectivity index (χ2n) is 4.80. The Kier molecular flexibility index (Phi) is 3.80. The third-order valence-corrected chi connectivity index (χ3v) is 3.66. The molecule has 19 heavy (non-hydrogen) atoms. The van der Waals surface area contributed by atoms with E-state index in [2.05, 4.69) is 5.32 Å². The van der Waals surface area contributed by atoms with Gasteiger partial charge in [-0.3, -0.25) is 14.9 Å². The molecule has 2 N–H and O–H groups in total. The van der Waals surface area contributed by atoms with E-state index in [4.69, 9.17) is 5.11 Å². The molecule has 102 valence electrons. The van der Waals surface area contributed by atoms with Gasteiger partial charge in [0, 0.05) is 18.2 Å². The molecule has 1 aliphatic rings. The number of carboxylic acid groups (broad SMARTS) is 1. The zero-order chi connectivity index (χ0) is 13.9. The van der Waals surface area contributed by atoms with E-state index in [9.17, 15) is 14.9 Å². The summed E-state index contributed by atoms with van der Waals surface area (Å²) < 4.78 is 0. The Morgan fingerprint density at radius 3 is 2.63 bits per heavy atom. The van der Waals surface area contributed by atoms with Gasteiger partial charge in [0.1, 0.15) is 5.54 Å². The summed E-state index contributed by atoms with van der Waals surface area (Å²) in [6.45, 7) is 0.428. The summed E-state index contributed by atoms with van der Waals surface area (Å²) in [7, 11) is 0. The molecule has 0 amide bonds.